The minimum absolute atomic E-state index is 0.167. The highest BCUT2D eigenvalue weighted by Crippen LogP contribution is 2.23. The summed E-state index contributed by atoms with van der Waals surface area (Å²) in [6.07, 6.45) is 6.53. The molecule has 0 fully saturated rings. The average molecular weight is 472 g/mol. The molecular formula is C25H25N7O3. The zero-order valence-electron chi connectivity index (χ0n) is 19.6. The number of nitrogens with one attached hydrogen (secondary N) is 1. The number of hydrogen-bond donors (Lipinski definition) is 2. The van der Waals surface area contributed by atoms with E-state index in [9.17, 15) is 4.79 Å². The van der Waals surface area contributed by atoms with Gasteiger partial charge in [0.2, 0.25) is 0 Å². The number of aromatic nitrogens is 4. The summed E-state index contributed by atoms with van der Waals surface area (Å²) in [5.74, 6) is 0.874. The third-order valence-electron chi connectivity index (χ3n) is 5.41. The number of carbonyl (C=O) groups is 1. The Kier molecular flexibility index (Phi) is 7.01. The largest absolute Gasteiger partial charge is 0.497 e. The molecule has 3 aromatic heterocycles. The number of esters is 1. The summed E-state index contributed by atoms with van der Waals surface area (Å²) in [6.45, 7) is 0.536. The number of rotatable bonds is 8. The highest BCUT2D eigenvalue weighted by Gasteiger charge is 2.18. The first-order valence-electron chi connectivity index (χ1n) is 10.7. The van der Waals surface area contributed by atoms with Crippen molar-refractivity contribution < 1.29 is 14.3 Å². The summed E-state index contributed by atoms with van der Waals surface area (Å²) in [5, 5.41) is 3.32. The van der Waals surface area contributed by atoms with Gasteiger partial charge in [0.05, 0.1) is 31.8 Å². The third kappa shape index (κ3) is 4.96. The Bertz CT molecular complexity index is 1410. The quantitative estimate of drug-likeness (QED) is 0.296. The number of fused-ring (bicyclic) bond motifs is 1. The van der Waals surface area contributed by atoms with E-state index in [1.165, 1.54) is 26.7 Å². The van der Waals surface area contributed by atoms with Crippen molar-refractivity contribution in [3.63, 3.8) is 0 Å². The minimum Gasteiger partial charge on any atom is -0.497 e. The predicted octanol–water partition coefficient (Wildman–Crippen LogP) is 2.96. The number of hydrogen-bond acceptors (Lipinski definition) is 9. The second-order valence-electron chi connectivity index (χ2n) is 7.42. The Morgan fingerprint density at radius 2 is 1.94 bits per heavy atom. The Morgan fingerprint density at radius 3 is 2.63 bits per heavy atom. The van der Waals surface area contributed by atoms with Crippen molar-refractivity contribution in [3.8, 4) is 17.1 Å². The average Bonchev–Trinajstić information content (AvgIpc) is 3.34. The van der Waals surface area contributed by atoms with Crippen LogP contribution in [-0.2, 0) is 16.1 Å². The van der Waals surface area contributed by atoms with Gasteiger partial charge in [-0.3, -0.25) is 9.39 Å². The summed E-state index contributed by atoms with van der Waals surface area (Å²) in [7, 11) is 4.45. The molecule has 10 nitrogen and oxygen atoms in total. The summed E-state index contributed by atoms with van der Waals surface area (Å²) in [5.41, 5.74) is 10.6. The normalized spacial score (nSPS) is 12.0. The van der Waals surface area contributed by atoms with Gasteiger partial charge in [-0.05, 0) is 17.2 Å². The number of imidazole rings is 1. The van der Waals surface area contributed by atoms with Crippen molar-refractivity contribution in [1.82, 2.24) is 19.4 Å². The van der Waals surface area contributed by atoms with Gasteiger partial charge in [-0.1, -0.05) is 24.3 Å². The standard InChI is InChI=1S/C25H25N7O3/c1-27-24(25(33)35-3)19(12-26)17-6-4-16(5-7-17)13-28-22-11-20(30-15-31-22)21-14-29-23-10-18(34-2)8-9-32(21)23/h4-12,14-15H,13,26H2,1-3H3,(H,28,30,31)/b19-12-,27-24?. The van der Waals surface area contributed by atoms with Crippen LogP contribution >= 0.6 is 0 Å². The van der Waals surface area contributed by atoms with Gasteiger partial charge in [0, 0.05) is 43.7 Å². The molecule has 1 aromatic carbocycles. The predicted molar refractivity (Wildman–Crippen MR) is 134 cm³/mol. The molecule has 3 N–H and O–H groups in total. The third-order valence-corrected chi connectivity index (χ3v) is 5.41. The first-order chi connectivity index (χ1) is 17.1. The molecule has 4 rings (SSSR count). The van der Waals surface area contributed by atoms with E-state index in [0.717, 1.165) is 33.9 Å². The molecule has 0 unspecified atom stereocenters. The Morgan fingerprint density at radius 1 is 1.14 bits per heavy atom. The molecule has 10 heteroatoms. The molecule has 35 heavy (non-hydrogen) atoms. The SMILES string of the molecule is CN=C(C(=O)OC)/C(=C\N)c1ccc(CNc2cc(-c3cnc4cc(OC)ccn34)ncn2)cc1. The fraction of sp³-hybridized carbons (Fsp3) is 0.160. The van der Waals surface area contributed by atoms with Crippen LogP contribution in [0.1, 0.15) is 11.1 Å². The van der Waals surface area contributed by atoms with E-state index in [1.807, 2.05) is 53.1 Å². The first kappa shape index (κ1) is 23.4. The molecule has 0 atom stereocenters. The van der Waals surface area contributed by atoms with Crippen LogP contribution in [0.5, 0.6) is 5.75 Å². The summed E-state index contributed by atoms with van der Waals surface area (Å²) in [4.78, 5) is 29.2. The number of anilines is 1. The van der Waals surface area contributed by atoms with E-state index < -0.39 is 5.97 Å². The van der Waals surface area contributed by atoms with Gasteiger partial charge >= 0.3 is 5.97 Å². The van der Waals surface area contributed by atoms with Gasteiger partial charge in [0.15, 0.2) is 5.71 Å². The van der Waals surface area contributed by atoms with Gasteiger partial charge in [-0.25, -0.2) is 19.7 Å². The zero-order chi connectivity index (χ0) is 24.8. The van der Waals surface area contributed by atoms with Crippen molar-refractivity contribution in [3.05, 3.63) is 78.5 Å². The van der Waals surface area contributed by atoms with Crippen LogP contribution in [0.2, 0.25) is 0 Å². The minimum atomic E-state index is -0.542. The van der Waals surface area contributed by atoms with Crippen LogP contribution in [0.4, 0.5) is 5.82 Å². The monoisotopic (exact) mass is 471 g/mol. The van der Waals surface area contributed by atoms with Crippen LogP contribution in [0.3, 0.4) is 0 Å². The van der Waals surface area contributed by atoms with Crippen molar-refractivity contribution >= 4 is 28.7 Å². The molecule has 3 heterocycles. The second kappa shape index (κ2) is 10.5. The molecule has 0 bridgehead atoms. The van der Waals surface area contributed by atoms with Crippen LogP contribution in [-0.4, -0.2) is 52.3 Å². The summed E-state index contributed by atoms with van der Waals surface area (Å²) >= 11 is 0. The molecule has 0 amide bonds. The van der Waals surface area contributed by atoms with E-state index >= 15 is 0 Å². The van der Waals surface area contributed by atoms with Crippen molar-refractivity contribution in [2.45, 2.75) is 6.54 Å². The van der Waals surface area contributed by atoms with Gasteiger partial charge in [-0.15, -0.1) is 0 Å². The highest BCUT2D eigenvalue weighted by molar-refractivity contribution is 6.54. The zero-order valence-corrected chi connectivity index (χ0v) is 19.6. The number of nitrogens with two attached hydrogens (primary N) is 1. The summed E-state index contributed by atoms with van der Waals surface area (Å²) in [6, 6.07) is 13.2. The van der Waals surface area contributed by atoms with Crippen LogP contribution < -0.4 is 15.8 Å². The lowest BCUT2D eigenvalue weighted by molar-refractivity contribution is -0.132. The van der Waals surface area contributed by atoms with Crippen LogP contribution in [0.15, 0.2) is 72.4 Å². The lowest BCUT2D eigenvalue weighted by atomic mass is 10.0. The van der Waals surface area contributed by atoms with Crippen molar-refractivity contribution in [1.29, 1.82) is 0 Å². The Labute approximate surface area is 202 Å². The second-order valence-corrected chi connectivity index (χ2v) is 7.42. The number of carbonyl (C=O) groups excluding carboxylic acids is 1. The molecular weight excluding hydrogens is 446 g/mol. The Hall–Kier alpha value is -4.73. The molecule has 178 valence electrons. The van der Waals surface area contributed by atoms with Gasteiger partial charge in [0.25, 0.3) is 0 Å². The molecule has 0 aliphatic carbocycles. The van der Waals surface area contributed by atoms with E-state index in [-0.39, 0.29) is 5.71 Å². The number of methoxy groups -OCH3 is 2. The number of aliphatic imine (C=N–C) groups is 1. The fourth-order valence-electron chi connectivity index (χ4n) is 3.60. The molecule has 0 saturated heterocycles. The van der Waals surface area contributed by atoms with E-state index in [1.54, 1.807) is 13.3 Å². The van der Waals surface area contributed by atoms with Crippen molar-refractivity contribution in [2.75, 3.05) is 26.6 Å². The lowest BCUT2D eigenvalue weighted by Crippen LogP contribution is -2.18. The highest BCUT2D eigenvalue weighted by atomic mass is 16.5. The maximum Gasteiger partial charge on any atom is 0.356 e. The number of ether oxygens (including phenoxy) is 2. The van der Waals surface area contributed by atoms with E-state index in [4.69, 9.17) is 15.2 Å². The molecule has 4 aromatic rings. The fourth-order valence-corrected chi connectivity index (χ4v) is 3.60. The maximum atomic E-state index is 12.0. The molecule has 0 radical (unpaired) electrons. The lowest BCUT2D eigenvalue weighted by Gasteiger charge is -2.11. The molecule has 0 spiro atoms. The smallest absolute Gasteiger partial charge is 0.356 e. The molecule has 0 saturated carbocycles. The summed E-state index contributed by atoms with van der Waals surface area (Å²) < 4.78 is 12.0. The van der Waals surface area contributed by atoms with E-state index in [2.05, 4.69) is 25.3 Å². The number of pyridine rings is 1. The maximum absolute atomic E-state index is 12.0. The number of benzene rings is 1. The molecule has 0 aliphatic heterocycles. The van der Waals surface area contributed by atoms with Gasteiger partial charge < -0.3 is 20.5 Å². The Balaban J connectivity index is 1.48. The van der Waals surface area contributed by atoms with Gasteiger partial charge in [-0.2, -0.15) is 0 Å². The van der Waals surface area contributed by atoms with E-state index in [0.29, 0.717) is 17.9 Å². The first-order valence-corrected chi connectivity index (χ1v) is 10.7. The van der Waals surface area contributed by atoms with Crippen LogP contribution in [0.25, 0.3) is 22.6 Å². The van der Waals surface area contributed by atoms with Gasteiger partial charge in [0.1, 0.15) is 23.5 Å². The van der Waals surface area contributed by atoms with Crippen molar-refractivity contribution in [2.24, 2.45) is 10.7 Å². The number of nitrogens with zero attached hydrogens (tertiary/aromatic N) is 5. The topological polar surface area (TPSA) is 129 Å². The van der Waals surface area contributed by atoms with Crippen LogP contribution in [0, 0.1) is 0 Å². The molecule has 0 aliphatic rings.